The van der Waals surface area contributed by atoms with Gasteiger partial charge in [-0.25, -0.2) is 9.78 Å². The van der Waals surface area contributed by atoms with E-state index in [1.165, 1.54) is 10.6 Å². The Hall–Kier alpha value is -3.00. The third-order valence-corrected chi connectivity index (χ3v) is 5.08. The lowest BCUT2D eigenvalue weighted by atomic mass is 10.1. The molecule has 1 amide bonds. The molecule has 0 aliphatic carbocycles. The van der Waals surface area contributed by atoms with E-state index in [1.807, 2.05) is 31.2 Å². The summed E-state index contributed by atoms with van der Waals surface area (Å²) >= 11 is 1.05. The fourth-order valence-corrected chi connectivity index (χ4v) is 3.68. The SMILES string of the molecule is CCOC(=O)c1sc(NC(=O)Cn2c(=O)cc(C)c3ccccc32)nc1C. The van der Waals surface area contributed by atoms with Gasteiger partial charge < -0.3 is 10.1 Å². The number of aromatic nitrogens is 2. The maximum atomic E-state index is 12.5. The lowest BCUT2D eigenvalue weighted by molar-refractivity contribution is -0.116. The normalized spacial score (nSPS) is 10.8. The largest absolute Gasteiger partial charge is 0.462 e. The predicted octanol–water partition coefficient (Wildman–Crippen LogP) is 2.89. The van der Waals surface area contributed by atoms with Gasteiger partial charge in [-0.15, -0.1) is 0 Å². The lowest BCUT2D eigenvalue weighted by Crippen LogP contribution is -2.27. The monoisotopic (exact) mass is 385 g/mol. The Morgan fingerprint density at radius 2 is 2.00 bits per heavy atom. The van der Waals surface area contributed by atoms with Crippen molar-refractivity contribution in [3.63, 3.8) is 0 Å². The number of para-hydroxylation sites is 1. The number of carbonyl (C=O) groups excluding carboxylic acids is 2. The van der Waals surface area contributed by atoms with Crippen LogP contribution < -0.4 is 10.9 Å². The van der Waals surface area contributed by atoms with Gasteiger partial charge >= 0.3 is 5.97 Å². The first-order chi connectivity index (χ1) is 12.9. The molecule has 8 heteroatoms. The summed E-state index contributed by atoms with van der Waals surface area (Å²) in [6.07, 6.45) is 0. The highest BCUT2D eigenvalue weighted by Gasteiger charge is 2.18. The van der Waals surface area contributed by atoms with E-state index in [9.17, 15) is 14.4 Å². The highest BCUT2D eigenvalue weighted by Crippen LogP contribution is 2.23. The molecule has 2 aromatic heterocycles. The molecule has 0 spiro atoms. The number of hydrogen-bond donors (Lipinski definition) is 1. The number of fused-ring (bicyclic) bond motifs is 1. The lowest BCUT2D eigenvalue weighted by Gasteiger charge is -2.11. The molecule has 0 atom stereocenters. The summed E-state index contributed by atoms with van der Waals surface area (Å²) in [5, 5.41) is 3.87. The zero-order valence-electron chi connectivity index (χ0n) is 15.2. The number of carbonyl (C=O) groups is 2. The van der Waals surface area contributed by atoms with Crippen LogP contribution >= 0.6 is 11.3 Å². The van der Waals surface area contributed by atoms with Crippen molar-refractivity contribution in [1.82, 2.24) is 9.55 Å². The highest BCUT2D eigenvalue weighted by atomic mass is 32.1. The molecule has 0 aliphatic heterocycles. The number of esters is 1. The van der Waals surface area contributed by atoms with E-state index in [0.29, 0.717) is 21.2 Å². The van der Waals surface area contributed by atoms with Crippen LogP contribution in [0.3, 0.4) is 0 Å². The number of hydrogen-bond acceptors (Lipinski definition) is 6. The second-order valence-electron chi connectivity index (χ2n) is 5.97. The number of thiazole rings is 1. The molecule has 0 radical (unpaired) electrons. The van der Waals surface area contributed by atoms with Crippen LogP contribution in [0.15, 0.2) is 35.1 Å². The summed E-state index contributed by atoms with van der Waals surface area (Å²) in [6.45, 7) is 5.38. The summed E-state index contributed by atoms with van der Waals surface area (Å²) in [4.78, 5) is 41.2. The molecule has 0 bridgehead atoms. The third kappa shape index (κ3) is 3.90. The topological polar surface area (TPSA) is 90.3 Å². The van der Waals surface area contributed by atoms with Gasteiger partial charge in [-0.05, 0) is 32.4 Å². The maximum absolute atomic E-state index is 12.5. The summed E-state index contributed by atoms with van der Waals surface area (Å²) in [5.74, 6) is -0.857. The average molecular weight is 385 g/mol. The molecule has 2 heterocycles. The minimum atomic E-state index is -0.464. The van der Waals surface area contributed by atoms with Crippen molar-refractivity contribution in [3.05, 3.63) is 56.8 Å². The van der Waals surface area contributed by atoms with Crippen LogP contribution in [0.1, 0.15) is 27.9 Å². The molecule has 7 nitrogen and oxygen atoms in total. The van der Waals surface area contributed by atoms with Gasteiger partial charge in [-0.1, -0.05) is 29.5 Å². The molecule has 3 aromatic rings. The van der Waals surface area contributed by atoms with Crippen LogP contribution in [0.5, 0.6) is 0 Å². The Morgan fingerprint density at radius 3 is 2.74 bits per heavy atom. The standard InChI is InChI=1S/C19H19N3O4S/c1-4-26-18(25)17-12(3)20-19(27-17)21-15(23)10-22-14-8-6-5-7-13(14)11(2)9-16(22)24/h5-9H,4,10H2,1-3H3,(H,20,21,23). The molecule has 3 rings (SSSR count). The molecule has 0 saturated heterocycles. The van der Waals surface area contributed by atoms with Crippen molar-refractivity contribution in [1.29, 1.82) is 0 Å². The summed E-state index contributed by atoms with van der Waals surface area (Å²) < 4.78 is 6.39. The zero-order chi connectivity index (χ0) is 19.6. The van der Waals surface area contributed by atoms with Crippen LogP contribution in [-0.2, 0) is 16.1 Å². The first-order valence-corrected chi connectivity index (χ1v) is 9.26. The van der Waals surface area contributed by atoms with Gasteiger partial charge in [0.2, 0.25) is 5.91 Å². The van der Waals surface area contributed by atoms with Crippen molar-refractivity contribution in [3.8, 4) is 0 Å². The predicted molar refractivity (Wildman–Crippen MR) is 104 cm³/mol. The summed E-state index contributed by atoms with van der Waals surface area (Å²) in [6, 6.07) is 8.95. The fraction of sp³-hybridized carbons (Fsp3) is 0.263. The molecule has 0 unspecified atom stereocenters. The average Bonchev–Trinajstić information content (AvgIpc) is 2.99. The van der Waals surface area contributed by atoms with Gasteiger partial charge in [0, 0.05) is 11.5 Å². The third-order valence-electron chi connectivity index (χ3n) is 4.03. The second-order valence-corrected chi connectivity index (χ2v) is 6.97. The number of aryl methyl sites for hydroxylation is 2. The zero-order valence-corrected chi connectivity index (χ0v) is 16.1. The second kappa shape index (κ2) is 7.71. The van der Waals surface area contributed by atoms with Gasteiger partial charge in [0.1, 0.15) is 11.4 Å². The Morgan fingerprint density at radius 1 is 1.26 bits per heavy atom. The van der Waals surface area contributed by atoms with Gasteiger partial charge in [0.05, 0.1) is 17.8 Å². The minimum Gasteiger partial charge on any atom is -0.462 e. The van der Waals surface area contributed by atoms with E-state index in [0.717, 1.165) is 22.3 Å². The summed E-state index contributed by atoms with van der Waals surface area (Å²) in [7, 11) is 0. The molecule has 1 N–H and O–H groups in total. The molecular weight excluding hydrogens is 366 g/mol. The summed E-state index contributed by atoms with van der Waals surface area (Å²) in [5.41, 5.74) is 1.80. The molecule has 0 fully saturated rings. The van der Waals surface area contributed by atoms with Gasteiger partial charge in [0.25, 0.3) is 5.56 Å². The van der Waals surface area contributed by atoms with E-state index in [1.54, 1.807) is 13.8 Å². The smallest absolute Gasteiger partial charge is 0.350 e. The molecule has 1 aromatic carbocycles. The number of pyridine rings is 1. The van der Waals surface area contributed by atoms with Gasteiger partial charge in [-0.3, -0.25) is 14.2 Å². The number of ether oxygens (including phenoxy) is 1. The van der Waals surface area contributed by atoms with Crippen LogP contribution in [-0.4, -0.2) is 28.0 Å². The van der Waals surface area contributed by atoms with Crippen LogP contribution in [0.4, 0.5) is 5.13 Å². The van der Waals surface area contributed by atoms with Crippen molar-refractivity contribution in [2.24, 2.45) is 0 Å². The van der Waals surface area contributed by atoms with E-state index in [2.05, 4.69) is 10.3 Å². The van der Waals surface area contributed by atoms with Crippen LogP contribution in [0.2, 0.25) is 0 Å². The van der Waals surface area contributed by atoms with Gasteiger partial charge in [-0.2, -0.15) is 0 Å². The number of benzene rings is 1. The van der Waals surface area contributed by atoms with E-state index < -0.39 is 11.9 Å². The molecule has 0 aliphatic rings. The van der Waals surface area contributed by atoms with E-state index in [-0.39, 0.29) is 18.7 Å². The maximum Gasteiger partial charge on any atom is 0.350 e. The van der Waals surface area contributed by atoms with Crippen LogP contribution in [0.25, 0.3) is 10.9 Å². The quantitative estimate of drug-likeness (QED) is 0.682. The Labute approximate surface area is 159 Å². The first-order valence-electron chi connectivity index (χ1n) is 8.44. The molecular formula is C19H19N3O4S. The van der Waals surface area contributed by atoms with Crippen molar-refractivity contribution in [2.45, 2.75) is 27.3 Å². The van der Waals surface area contributed by atoms with E-state index in [4.69, 9.17) is 4.74 Å². The molecule has 0 saturated carbocycles. The Kier molecular flexibility index (Phi) is 5.36. The van der Waals surface area contributed by atoms with Crippen molar-refractivity contribution >= 4 is 39.2 Å². The number of nitrogens with one attached hydrogen (secondary N) is 1. The molecule has 27 heavy (non-hydrogen) atoms. The number of rotatable bonds is 5. The minimum absolute atomic E-state index is 0.146. The Bertz CT molecular complexity index is 1080. The van der Waals surface area contributed by atoms with Crippen molar-refractivity contribution < 1.29 is 14.3 Å². The molecule has 140 valence electrons. The van der Waals surface area contributed by atoms with Crippen molar-refractivity contribution in [2.75, 3.05) is 11.9 Å². The first kappa shape index (κ1) is 18.8. The van der Waals surface area contributed by atoms with E-state index >= 15 is 0 Å². The number of amides is 1. The highest BCUT2D eigenvalue weighted by molar-refractivity contribution is 7.17. The Balaban J connectivity index is 1.83. The number of nitrogens with zero attached hydrogens (tertiary/aromatic N) is 2. The van der Waals surface area contributed by atoms with Gasteiger partial charge in [0.15, 0.2) is 5.13 Å². The number of anilines is 1. The van der Waals surface area contributed by atoms with Crippen LogP contribution in [0, 0.1) is 13.8 Å². The fourth-order valence-electron chi connectivity index (χ4n) is 2.80.